The van der Waals surface area contributed by atoms with Gasteiger partial charge in [0.2, 0.25) is 12.2 Å². The number of benzene rings is 1. The predicted octanol–water partition coefficient (Wildman–Crippen LogP) is 2.61. The van der Waals surface area contributed by atoms with Gasteiger partial charge in [0, 0.05) is 11.3 Å². The summed E-state index contributed by atoms with van der Waals surface area (Å²) in [6, 6.07) is 4.54. The second-order valence-electron chi connectivity index (χ2n) is 4.87. The van der Waals surface area contributed by atoms with Gasteiger partial charge in [-0.3, -0.25) is 4.79 Å². The largest absolute Gasteiger partial charge is 0.565 e. The van der Waals surface area contributed by atoms with Crippen LogP contribution >= 0.6 is 35.6 Å². The summed E-state index contributed by atoms with van der Waals surface area (Å²) >= 11 is 11.8. The normalized spacial score (nSPS) is 15.9. The number of aromatic nitrogens is 2. The Balaban J connectivity index is 0.00000192. The monoisotopic (exact) mass is 375 g/mol. The topological polar surface area (TPSA) is 66.2 Å². The lowest BCUT2D eigenvalue weighted by atomic mass is 10.0. The van der Waals surface area contributed by atoms with E-state index in [-0.39, 0.29) is 18.2 Å². The molecule has 1 aromatic carbocycles. The number of nitroso groups, excluding NO2 is 1. The summed E-state index contributed by atoms with van der Waals surface area (Å²) in [5.41, 5.74) is 0.0413. The van der Waals surface area contributed by atoms with Crippen molar-refractivity contribution >= 4 is 47.6 Å². The fourth-order valence-corrected chi connectivity index (χ4v) is 2.62. The second kappa shape index (κ2) is 6.70. The molecule has 0 aliphatic carbocycles. The smallest absolute Gasteiger partial charge is 0.425 e. The molecule has 1 N–H and O–H groups in total. The summed E-state index contributed by atoms with van der Waals surface area (Å²) in [4.78, 5) is 24.3. The number of fused-ring (bicyclic) bond motifs is 1. The maximum Gasteiger partial charge on any atom is 0.565 e. The standard InChI is InChI=1S/C14H11Cl2N3O3.ClH/c15-11-2-1-9(8-12(11)16)7-10-3-4-17-5-6-18(21)14(20)13(17)19(10)22;/h1-6,8,10,21H,7H2;1H/q+2;. The van der Waals surface area contributed by atoms with E-state index in [0.29, 0.717) is 26.0 Å². The van der Waals surface area contributed by atoms with Crippen LogP contribution in [0, 0.1) is 4.91 Å². The molecule has 0 bridgehead atoms. The molecule has 0 radical (unpaired) electrons. The van der Waals surface area contributed by atoms with Crippen molar-refractivity contribution in [3.05, 3.63) is 67.5 Å². The summed E-state index contributed by atoms with van der Waals surface area (Å²) in [5, 5.41) is 10.2. The van der Waals surface area contributed by atoms with Gasteiger partial charge in [-0.05, 0) is 17.7 Å². The minimum Gasteiger partial charge on any atom is -0.425 e. The maximum absolute atomic E-state index is 12.4. The minimum absolute atomic E-state index is 0. The SMILES string of the molecule is Cl.O=c1c2[n+](ccn1O)C=CC(Cc1ccc(Cl)c(Cl)c1)[N+]2=O. The molecule has 6 nitrogen and oxygen atoms in total. The Morgan fingerprint density at radius 1 is 1.26 bits per heavy atom. The fraction of sp³-hybridized carbons (Fsp3) is 0.143. The van der Waals surface area contributed by atoms with Crippen LogP contribution in [0.1, 0.15) is 5.56 Å². The Labute approximate surface area is 147 Å². The van der Waals surface area contributed by atoms with Crippen LogP contribution in [0.4, 0.5) is 5.82 Å². The second-order valence-corrected chi connectivity index (χ2v) is 5.68. The molecular weight excluding hydrogens is 365 g/mol. The van der Waals surface area contributed by atoms with Crippen LogP contribution in [0.2, 0.25) is 10.0 Å². The van der Waals surface area contributed by atoms with Crippen LogP contribution in [-0.4, -0.2) is 20.7 Å². The third-order valence-electron chi connectivity index (χ3n) is 3.42. The van der Waals surface area contributed by atoms with Crippen LogP contribution in [0.25, 0.3) is 6.20 Å². The molecule has 1 aromatic heterocycles. The zero-order valence-electron chi connectivity index (χ0n) is 11.6. The molecule has 0 spiro atoms. The molecular formula is C14H12Cl3N3O3+2. The van der Waals surface area contributed by atoms with E-state index in [1.807, 2.05) is 0 Å². The first-order valence-corrected chi connectivity index (χ1v) is 7.17. The van der Waals surface area contributed by atoms with Crippen LogP contribution in [0.15, 0.2) is 41.5 Å². The predicted molar refractivity (Wildman–Crippen MR) is 87.9 cm³/mol. The Hall–Kier alpha value is -1.89. The lowest BCUT2D eigenvalue weighted by molar-refractivity contribution is -0.679. The molecule has 3 rings (SSSR count). The van der Waals surface area contributed by atoms with Crippen molar-refractivity contribution in [2.24, 2.45) is 0 Å². The van der Waals surface area contributed by atoms with E-state index < -0.39 is 11.6 Å². The molecule has 1 aliphatic rings. The number of hydrogen-bond acceptors (Lipinski definition) is 3. The summed E-state index contributed by atoms with van der Waals surface area (Å²) in [6.45, 7) is 0. The number of nitrogens with zero attached hydrogens (tertiary/aromatic N) is 3. The quantitative estimate of drug-likeness (QED) is 0.647. The third kappa shape index (κ3) is 3.24. The first kappa shape index (κ1) is 17.5. The van der Waals surface area contributed by atoms with Gasteiger partial charge in [0.25, 0.3) is 0 Å². The molecule has 0 amide bonds. The lowest BCUT2D eigenvalue weighted by Gasteiger charge is -2.07. The van der Waals surface area contributed by atoms with Gasteiger partial charge in [0.15, 0.2) is 6.20 Å². The van der Waals surface area contributed by atoms with Crippen LogP contribution in [-0.2, 0) is 6.42 Å². The zero-order valence-corrected chi connectivity index (χ0v) is 13.9. The molecule has 0 saturated carbocycles. The molecule has 0 saturated heterocycles. The first-order valence-electron chi connectivity index (χ1n) is 6.42. The Kier molecular flexibility index (Phi) is 5.09. The van der Waals surface area contributed by atoms with Crippen molar-refractivity contribution < 1.29 is 14.5 Å². The van der Waals surface area contributed by atoms with Crippen molar-refractivity contribution in [2.75, 3.05) is 0 Å². The fourth-order valence-electron chi connectivity index (χ4n) is 2.30. The van der Waals surface area contributed by atoms with E-state index in [2.05, 4.69) is 0 Å². The summed E-state index contributed by atoms with van der Waals surface area (Å²) in [6.07, 6.45) is 6.25. The molecule has 120 valence electrons. The average molecular weight is 377 g/mol. The van der Waals surface area contributed by atoms with Crippen LogP contribution < -0.4 is 10.1 Å². The van der Waals surface area contributed by atoms with Crippen molar-refractivity contribution in [3.8, 4) is 0 Å². The van der Waals surface area contributed by atoms with Gasteiger partial charge >= 0.3 is 11.4 Å². The third-order valence-corrected chi connectivity index (χ3v) is 4.16. The van der Waals surface area contributed by atoms with Gasteiger partial charge < -0.3 is 5.21 Å². The van der Waals surface area contributed by atoms with Crippen molar-refractivity contribution in [3.63, 3.8) is 0 Å². The van der Waals surface area contributed by atoms with Gasteiger partial charge in [0.05, 0.1) is 16.1 Å². The van der Waals surface area contributed by atoms with Gasteiger partial charge in [-0.1, -0.05) is 29.3 Å². The van der Waals surface area contributed by atoms with E-state index in [4.69, 9.17) is 23.2 Å². The Bertz CT molecular complexity index is 864. The molecule has 1 aliphatic heterocycles. The van der Waals surface area contributed by atoms with Gasteiger partial charge in [0.1, 0.15) is 11.0 Å². The molecule has 2 heterocycles. The molecule has 2 aromatic rings. The van der Waals surface area contributed by atoms with E-state index in [1.165, 1.54) is 17.0 Å². The number of halogens is 3. The summed E-state index contributed by atoms with van der Waals surface area (Å²) < 4.78 is 2.33. The summed E-state index contributed by atoms with van der Waals surface area (Å²) in [7, 11) is 0. The lowest BCUT2D eigenvalue weighted by Crippen LogP contribution is -2.45. The average Bonchev–Trinajstić information content (AvgIpc) is 2.49. The van der Waals surface area contributed by atoms with E-state index in [1.54, 1.807) is 30.5 Å². The highest BCUT2D eigenvalue weighted by atomic mass is 35.5. The first-order chi connectivity index (χ1) is 10.5. The molecule has 23 heavy (non-hydrogen) atoms. The molecule has 1 atom stereocenters. The van der Waals surface area contributed by atoms with Gasteiger partial charge in [-0.15, -0.1) is 21.7 Å². The maximum atomic E-state index is 12.4. The highest BCUT2D eigenvalue weighted by Gasteiger charge is 2.42. The number of hydrogen-bond donors (Lipinski definition) is 1. The van der Waals surface area contributed by atoms with Gasteiger partial charge in [-0.25, -0.2) is 0 Å². The van der Waals surface area contributed by atoms with E-state index in [0.717, 1.165) is 5.56 Å². The highest BCUT2D eigenvalue weighted by Crippen LogP contribution is 2.24. The van der Waals surface area contributed by atoms with Crippen molar-refractivity contribution in [1.29, 1.82) is 0 Å². The van der Waals surface area contributed by atoms with E-state index in [9.17, 15) is 14.9 Å². The molecule has 1 unspecified atom stereocenters. The van der Waals surface area contributed by atoms with Crippen LogP contribution in [0.5, 0.6) is 0 Å². The Morgan fingerprint density at radius 2 is 2.00 bits per heavy atom. The number of rotatable bonds is 2. The Morgan fingerprint density at radius 3 is 2.70 bits per heavy atom. The minimum atomic E-state index is -0.777. The van der Waals surface area contributed by atoms with Crippen molar-refractivity contribution in [2.45, 2.75) is 12.5 Å². The van der Waals surface area contributed by atoms with Gasteiger partial charge in [-0.2, -0.15) is 0 Å². The van der Waals surface area contributed by atoms with Crippen LogP contribution in [0.3, 0.4) is 0 Å². The molecule has 9 heteroatoms. The molecule has 0 fully saturated rings. The highest BCUT2D eigenvalue weighted by molar-refractivity contribution is 6.42. The zero-order chi connectivity index (χ0) is 15.9. The summed E-state index contributed by atoms with van der Waals surface area (Å²) in [5.74, 6) is -0.155. The van der Waals surface area contributed by atoms with Crippen molar-refractivity contribution in [1.82, 2.24) is 4.73 Å². The van der Waals surface area contributed by atoms with E-state index >= 15 is 0 Å².